The standard InChI is InChI=1S/C57H39N3O10/c1-64-46-26-39(19-20-44(46)68-55(61)40-23-36(30-58-32-40)17-15-34-11-7-5-8-12-34)51-52-43-28-49(67-4)50(70-56(62)41-24-37(31-59-33-41)18-16-35-13-9-6-10-14-35)29-45(43)69-57(63)54(52)60-22-21-38-25-47(65-2)48(66-3)27-42(38)53(51)60/h5-14,19-20,23-33H,21-22H2,1-4H3. The van der Waals surface area contributed by atoms with Gasteiger partial charge in [-0.1, -0.05) is 66.1 Å². The summed E-state index contributed by atoms with van der Waals surface area (Å²) in [6.45, 7) is 0.413. The minimum absolute atomic E-state index is 0.00721. The van der Waals surface area contributed by atoms with Gasteiger partial charge in [0.25, 0.3) is 0 Å². The van der Waals surface area contributed by atoms with Crippen LogP contribution in [0.1, 0.15) is 48.5 Å². The number of benzene rings is 5. The van der Waals surface area contributed by atoms with E-state index in [-0.39, 0.29) is 39.7 Å². The van der Waals surface area contributed by atoms with E-state index >= 15 is 0 Å². The van der Waals surface area contributed by atoms with Crippen molar-refractivity contribution in [3.05, 3.63) is 189 Å². The number of rotatable bonds is 9. The highest BCUT2D eigenvalue weighted by molar-refractivity contribution is 6.17. The third-order valence-electron chi connectivity index (χ3n) is 11.7. The number of methoxy groups -OCH3 is 4. The molecule has 0 aliphatic carbocycles. The van der Waals surface area contributed by atoms with Crippen molar-refractivity contribution in [2.45, 2.75) is 13.0 Å². The van der Waals surface area contributed by atoms with Crippen molar-refractivity contribution in [1.82, 2.24) is 14.5 Å². The van der Waals surface area contributed by atoms with E-state index in [1.54, 1.807) is 63.0 Å². The third-order valence-corrected chi connectivity index (χ3v) is 11.7. The van der Waals surface area contributed by atoms with E-state index < -0.39 is 17.6 Å². The summed E-state index contributed by atoms with van der Waals surface area (Å²) >= 11 is 0. The minimum atomic E-state index is -0.730. The predicted octanol–water partition coefficient (Wildman–Crippen LogP) is 9.70. The van der Waals surface area contributed by atoms with Crippen LogP contribution in [0.25, 0.3) is 44.3 Å². The highest BCUT2D eigenvalue weighted by Gasteiger charge is 2.31. The number of ether oxygens (including phenoxy) is 6. The molecule has 1 aliphatic heterocycles. The van der Waals surface area contributed by atoms with Gasteiger partial charge in [-0.3, -0.25) is 9.97 Å². The van der Waals surface area contributed by atoms with Gasteiger partial charge >= 0.3 is 17.6 Å². The summed E-state index contributed by atoms with van der Waals surface area (Å²) in [5.41, 5.74) is 6.49. The highest BCUT2D eigenvalue weighted by Crippen LogP contribution is 2.50. The van der Waals surface area contributed by atoms with Gasteiger partial charge < -0.3 is 37.4 Å². The van der Waals surface area contributed by atoms with E-state index in [0.29, 0.717) is 68.7 Å². The molecular formula is C57H39N3O10. The molecule has 1 aliphatic rings. The van der Waals surface area contributed by atoms with Crippen molar-refractivity contribution < 1.29 is 42.4 Å². The van der Waals surface area contributed by atoms with E-state index in [1.165, 1.54) is 32.7 Å². The topological polar surface area (TPSA) is 150 Å². The molecule has 0 saturated heterocycles. The zero-order valence-electron chi connectivity index (χ0n) is 38.1. The first kappa shape index (κ1) is 44.3. The first-order valence-electron chi connectivity index (χ1n) is 21.9. The molecule has 13 heteroatoms. The van der Waals surface area contributed by atoms with Crippen LogP contribution in [0.4, 0.5) is 0 Å². The lowest BCUT2D eigenvalue weighted by molar-refractivity contribution is 0.0720. The van der Waals surface area contributed by atoms with Crippen LogP contribution in [-0.4, -0.2) is 54.9 Å². The maximum atomic E-state index is 14.4. The van der Waals surface area contributed by atoms with Gasteiger partial charge in [0.2, 0.25) is 0 Å². The fraction of sp³-hybridized carbons (Fsp3) is 0.105. The predicted molar refractivity (Wildman–Crippen MR) is 262 cm³/mol. The van der Waals surface area contributed by atoms with Crippen molar-refractivity contribution >= 4 is 33.8 Å². The second kappa shape index (κ2) is 19.0. The lowest BCUT2D eigenvalue weighted by Crippen LogP contribution is -2.15. The fourth-order valence-corrected chi connectivity index (χ4v) is 8.46. The Hall–Kier alpha value is -9.59. The smallest absolute Gasteiger partial charge is 0.361 e. The van der Waals surface area contributed by atoms with Crippen LogP contribution in [0.2, 0.25) is 0 Å². The Bertz CT molecular complexity index is 3740. The van der Waals surface area contributed by atoms with Crippen LogP contribution in [0.3, 0.4) is 0 Å². The molecule has 0 saturated carbocycles. The molecule has 5 aromatic carbocycles. The van der Waals surface area contributed by atoms with Gasteiger partial charge in [0, 0.05) is 81.6 Å². The summed E-state index contributed by atoms with van der Waals surface area (Å²) in [4.78, 5) is 50.2. The van der Waals surface area contributed by atoms with E-state index in [0.717, 1.165) is 22.3 Å². The lowest BCUT2D eigenvalue weighted by Gasteiger charge is -2.23. The second-order valence-electron chi connectivity index (χ2n) is 15.9. The number of fused-ring (bicyclic) bond motifs is 7. The first-order chi connectivity index (χ1) is 34.2. The van der Waals surface area contributed by atoms with Crippen molar-refractivity contribution in [3.8, 4) is 80.6 Å². The number of aryl methyl sites for hydroxylation is 2. The number of pyridine rings is 2. The first-order valence-corrected chi connectivity index (χ1v) is 21.9. The molecule has 70 heavy (non-hydrogen) atoms. The average Bonchev–Trinajstić information content (AvgIpc) is 3.76. The molecule has 5 heterocycles. The van der Waals surface area contributed by atoms with Gasteiger partial charge in [0.1, 0.15) is 11.1 Å². The summed E-state index contributed by atoms with van der Waals surface area (Å²) < 4.78 is 43.1. The number of carbonyl (C=O) groups is 2. The fourth-order valence-electron chi connectivity index (χ4n) is 8.46. The van der Waals surface area contributed by atoms with Crippen LogP contribution in [0.5, 0.6) is 34.5 Å². The molecule has 0 N–H and O–H groups in total. The second-order valence-corrected chi connectivity index (χ2v) is 15.9. The lowest BCUT2D eigenvalue weighted by atomic mass is 9.91. The Kier molecular flexibility index (Phi) is 12.0. The van der Waals surface area contributed by atoms with E-state index in [4.69, 9.17) is 32.8 Å². The van der Waals surface area contributed by atoms with Crippen LogP contribution in [0.15, 0.2) is 149 Å². The Morgan fingerprint density at radius 2 is 1.11 bits per heavy atom. The number of hydrogen-bond donors (Lipinski definition) is 0. The monoisotopic (exact) mass is 925 g/mol. The molecule has 0 spiro atoms. The number of hydrogen-bond acceptors (Lipinski definition) is 12. The Labute approximate surface area is 400 Å². The zero-order chi connectivity index (χ0) is 48.3. The molecule has 342 valence electrons. The average molecular weight is 926 g/mol. The Morgan fingerprint density at radius 3 is 1.71 bits per heavy atom. The van der Waals surface area contributed by atoms with Crippen molar-refractivity contribution in [1.29, 1.82) is 0 Å². The number of carbonyl (C=O) groups excluding carboxylic acids is 2. The van der Waals surface area contributed by atoms with E-state index in [2.05, 4.69) is 33.6 Å². The molecular weight excluding hydrogens is 887 g/mol. The number of nitrogens with zero attached hydrogens (tertiary/aromatic N) is 3. The van der Waals surface area contributed by atoms with Crippen molar-refractivity contribution in [3.63, 3.8) is 0 Å². The Morgan fingerprint density at radius 1 is 0.571 bits per heavy atom. The summed E-state index contributed by atoms with van der Waals surface area (Å²) in [5, 5.41) is 1.02. The molecule has 0 bridgehead atoms. The van der Waals surface area contributed by atoms with Gasteiger partial charge in [-0.25, -0.2) is 14.4 Å². The van der Waals surface area contributed by atoms with Crippen molar-refractivity contribution in [2.24, 2.45) is 0 Å². The maximum Gasteiger partial charge on any atom is 0.361 e. The van der Waals surface area contributed by atoms with Gasteiger partial charge in [-0.15, -0.1) is 0 Å². The van der Waals surface area contributed by atoms with Gasteiger partial charge in [-0.05, 0) is 84.3 Å². The molecule has 4 aromatic heterocycles. The van der Waals surface area contributed by atoms with Crippen LogP contribution >= 0.6 is 0 Å². The largest absolute Gasteiger partial charge is 0.493 e. The van der Waals surface area contributed by atoms with Crippen LogP contribution < -0.4 is 34.0 Å². The molecule has 9 aromatic rings. The molecule has 0 amide bonds. The van der Waals surface area contributed by atoms with Gasteiger partial charge in [-0.2, -0.15) is 0 Å². The third kappa shape index (κ3) is 8.51. The number of esters is 2. The SMILES string of the molecule is COc1cc2c(cc1OC)-c1c(-c3ccc(OC(=O)c4cncc(C#Cc5ccccc5)c4)c(OC)c3)c3c4cc(OC)c(OC(=O)c5cncc(C#Cc6ccccc6)c5)cc4oc(=O)c3n1CC2. The van der Waals surface area contributed by atoms with Gasteiger partial charge in [0.15, 0.2) is 34.5 Å². The number of aromatic nitrogens is 3. The van der Waals surface area contributed by atoms with Crippen LogP contribution in [0, 0.1) is 23.7 Å². The molecule has 0 unspecified atom stereocenters. The summed E-state index contributed by atoms with van der Waals surface area (Å²) in [6.07, 6.45) is 6.48. The summed E-state index contributed by atoms with van der Waals surface area (Å²) in [6, 6.07) is 34.3. The summed E-state index contributed by atoms with van der Waals surface area (Å²) in [7, 11) is 6.06. The molecule has 0 radical (unpaired) electrons. The molecule has 13 nitrogen and oxygen atoms in total. The van der Waals surface area contributed by atoms with Crippen molar-refractivity contribution in [2.75, 3.05) is 28.4 Å². The normalized spacial score (nSPS) is 11.3. The molecule has 10 rings (SSSR count). The van der Waals surface area contributed by atoms with Gasteiger partial charge in [0.05, 0.1) is 45.3 Å². The molecule has 0 fully saturated rings. The molecule has 0 atom stereocenters. The minimum Gasteiger partial charge on any atom is -0.493 e. The summed E-state index contributed by atoms with van der Waals surface area (Å²) in [5.74, 6) is 12.5. The zero-order valence-corrected chi connectivity index (χ0v) is 38.1. The quantitative estimate of drug-likeness (QED) is 0.0587. The van der Waals surface area contributed by atoms with Crippen LogP contribution in [-0.2, 0) is 13.0 Å². The van der Waals surface area contributed by atoms with E-state index in [1.807, 2.05) is 77.4 Å². The van der Waals surface area contributed by atoms with E-state index in [9.17, 15) is 14.4 Å². The highest BCUT2D eigenvalue weighted by atomic mass is 16.6. The Balaban J connectivity index is 1.08. The maximum absolute atomic E-state index is 14.4.